The van der Waals surface area contributed by atoms with Crippen molar-refractivity contribution in [3.8, 4) is 0 Å². The highest BCUT2D eigenvalue weighted by Gasteiger charge is 2.07. The third-order valence-electron chi connectivity index (χ3n) is 2.00. The first-order valence-corrected chi connectivity index (χ1v) is 7.45. The lowest BCUT2D eigenvalue weighted by Crippen LogP contribution is -2.09. The van der Waals surface area contributed by atoms with Crippen molar-refractivity contribution in [2.24, 2.45) is 0 Å². The average Bonchev–Trinajstić information content (AvgIpc) is 2.20. The molecular formula is C12H22O2S. The summed E-state index contributed by atoms with van der Waals surface area (Å²) in [5.74, 6) is 0.562. The van der Waals surface area contributed by atoms with Crippen LogP contribution in [0.1, 0.15) is 39.5 Å². The maximum atomic E-state index is 11.5. The Hall–Kier alpha value is -0.570. The lowest BCUT2D eigenvalue weighted by molar-refractivity contribution is 0.595. The van der Waals surface area contributed by atoms with Gasteiger partial charge in [-0.3, -0.25) is 0 Å². The summed E-state index contributed by atoms with van der Waals surface area (Å²) >= 11 is 0. The van der Waals surface area contributed by atoms with Crippen molar-refractivity contribution in [1.29, 1.82) is 0 Å². The maximum Gasteiger partial charge on any atom is 0.150 e. The zero-order chi connectivity index (χ0) is 11.6. The minimum atomic E-state index is -2.85. The maximum absolute atomic E-state index is 11.5. The molecule has 15 heavy (non-hydrogen) atoms. The third-order valence-corrected chi connectivity index (χ3v) is 3.71. The molecule has 2 nitrogen and oxygen atoms in total. The number of sulfone groups is 1. The molecule has 0 aromatic carbocycles. The minimum absolute atomic E-state index is 0.281. The van der Waals surface area contributed by atoms with E-state index in [1.54, 1.807) is 0 Å². The summed E-state index contributed by atoms with van der Waals surface area (Å²) in [7, 11) is -2.85. The lowest BCUT2D eigenvalue weighted by atomic mass is 10.3. The van der Waals surface area contributed by atoms with Crippen molar-refractivity contribution in [2.75, 3.05) is 11.5 Å². The predicted molar refractivity (Wildman–Crippen MR) is 66.7 cm³/mol. The van der Waals surface area contributed by atoms with Gasteiger partial charge in [-0.25, -0.2) is 8.42 Å². The summed E-state index contributed by atoms with van der Waals surface area (Å²) in [5, 5.41) is 0. The van der Waals surface area contributed by atoms with Crippen molar-refractivity contribution >= 4 is 9.84 Å². The molecule has 0 bridgehead atoms. The first-order valence-electron chi connectivity index (χ1n) is 5.62. The van der Waals surface area contributed by atoms with E-state index in [-0.39, 0.29) is 11.5 Å². The lowest BCUT2D eigenvalue weighted by Gasteiger charge is -1.99. The molecule has 0 atom stereocenters. The fourth-order valence-electron chi connectivity index (χ4n) is 1.17. The van der Waals surface area contributed by atoms with Crippen LogP contribution in [0.25, 0.3) is 0 Å². The first-order chi connectivity index (χ1) is 7.12. The highest BCUT2D eigenvalue weighted by molar-refractivity contribution is 7.91. The number of hydrogen-bond acceptors (Lipinski definition) is 2. The fourth-order valence-corrected chi connectivity index (χ4v) is 2.36. The Kier molecular flexibility index (Phi) is 8.38. The van der Waals surface area contributed by atoms with Gasteiger partial charge < -0.3 is 0 Å². The van der Waals surface area contributed by atoms with E-state index < -0.39 is 9.84 Å². The van der Waals surface area contributed by atoms with E-state index in [4.69, 9.17) is 0 Å². The van der Waals surface area contributed by atoms with Gasteiger partial charge in [-0.1, -0.05) is 38.2 Å². The van der Waals surface area contributed by atoms with Crippen molar-refractivity contribution < 1.29 is 8.42 Å². The van der Waals surface area contributed by atoms with Crippen LogP contribution in [0.2, 0.25) is 0 Å². The van der Waals surface area contributed by atoms with Crippen LogP contribution < -0.4 is 0 Å². The van der Waals surface area contributed by atoms with E-state index in [1.807, 2.05) is 38.2 Å². The van der Waals surface area contributed by atoms with Gasteiger partial charge in [-0.2, -0.15) is 0 Å². The van der Waals surface area contributed by atoms with Gasteiger partial charge in [0.05, 0.1) is 11.5 Å². The standard InChI is InChI=1S/C12H22O2S/c1-3-5-7-9-11-15(13,14)12-10-8-6-4-2/h5-8H,3-4,9-12H2,1-2H3/b7-5-,8-6-. The molecular weight excluding hydrogens is 208 g/mol. The SMILES string of the molecule is CC/C=C\CCS(=O)(=O)CC/C=C\CC. The molecule has 0 unspecified atom stereocenters. The zero-order valence-electron chi connectivity index (χ0n) is 9.78. The van der Waals surface area contributed by atoms with Gasteiger partial charge in [0.2, 0.25) is 0 Å². The quantitative estimate of drug-likeness (QED) is 0.600. The van der Waals surface area contributed by atoms with Gasteiger partial charge in [0.15, 0.2) is 9.84 Å². The van der Waals surface area contributed by atoms with Crippen LogP contribution in [0.3, 0.4) is 0 Å². The Labute approximate surface area is 94.0 Å². The molecule has 0 aromatic heterocycles. The molecule has 0 N–H and O–H groups in total. The van der Waals surface area contributed by atoms with Crippen molar-refractivity contribution in [2.45, 2.75) is 39.5 Å². The Morgan fingerprint density at radius 2 is 1.20 bits per heavy atom. The van der Waals surface area contributed by atoms with E-state index >= 15 is 0 Å². The van der Waals surface area contributed by atoms with Gasteiger partial charge in [0, 0.05) is 0 Å². The van der Waals surface area contributed by atoms with Crippen LogP contribution in [-0.2, 0) is 9.84 Å². The normalized spacial score (nSPS) is 12.9. The zero-order valence-corrected chi connectivity index (χ0v) is 10.6. The molecule has 0 aliphatic heterocycles. The summed E-state index contributed by atoms with van der Waals surface area (Å²) in [6.45, 7) is 4.08. The summed E-state index contributed by atoms with van der Waals surface area (Å²) < 4.78 is 23.0. The van der Waals surface area contributed by atoms with Crippen molar-refractivity contribution in [3.05, 3.63) is 24.3 Å². The smallest absolute Gasteiger partial charge is 0.150 e. The minimum Gasteiger partial charge on any atom is -0.229 e. The Bertz CT molecular complexity index is 263. The summed E-state index contributed by atoms with van der Waals surface area (Å²) in [5.41, 5.74) is 0. The summed E-state index contributed by atoms with van der Waals surface area (Å²) in [6.07, 6.45) is 11.1. The molecule has 0 heterocycles. The van der Waals surface area contributed by atoms with Crippen LogP contribution in [0, 0.1) is 0 Å². The molecule has 0 saturated heterocycles. The van der Waals surface area contributed by atoms with Gasteiger partial charge in [-0.05, 0) is 25.7 Å². The van der Waals surface area contributed by atoms with Gasteiger partial charge in [0.1, 0.15) is 0 Å². The van der Waals surface area contributed by atoms with Crippen molar-refractivity contribution in [1.82, 2.24) is 0 Å². The van der Waals surface area contributed by atoms with Crippen LogP contribution in [0.5, 0.6) is 0 Å². The van der Waals surface area contributed by atoms with Gasteiger partial charge >= 0.3 is 0 Å². The first kappa shape index (κ1) is 14.4. The van der Waals surface area contributed by atoms with E-state index in [1.165, 1.54) is 0 Å². The fraction of sp³-hybridized carbons (Fsp3) is 0.667. The van der Waals surface area contributed by atoms with Gasteiger partial charge in [0.25, 0.3) is 0 Å². The molecule has 0 rings (SSSR count). The van der Waals surface area contributed by atoms with Crippen LogP contribution in [-0.4, -0.2) is 19.9 Å². The highest BCUT2D eigenvalue weighted by atomic mass is 32.2. The molecule has 0 spiro atoms. The second-order valence-electron chi connectivity index (χ2n) is 3.49. The molecule has 0 saturated carbocycles. The Morgan fingerprint density at radius 3 is 1.53 bits per heavy atom. The molecule has 88 valence electrons. The largest absolute Gasteiger partial charge is 0.229 e. The average molecular weight is 230 g/mol. The van der Waals surface area contributed by atoms with E-state index in [9.17, 15) is 8.42 Å². The Balaban J connectivity index is 3.77. The molecule has 0 aromatic rings. The van der Waals surface area contributed by atoms with E-state index in [0.29, 0.717) is 12.8 Å². The van der Waals surface area contributed by atoms with E-state index in [0.717, 1.165) is 12.8 Å². The molecule has 0 aliphatic carbocycles. The molecule has 0 aliphatic rings. The number of rotatable bonds is 8. The van der Waals surface area contributed by atoms with Crippen LogP contribution in [0.4, 0.5) is 0 Å². The van der Waals surface area contributed by atoms with Crippen molar-refractivity contribution in [3.63, 3.8) is 0 Å². The topological polar surface area (TPSA) is 34.1 Å². The third kappa shape index (κ3) is 9.73. The second-order valence-corrected chi connectivity index (χ2v) is 5.79. The second kappa shape index (κ2) is 8.72. The summed E-state index contributed by atoms with van der Waals surface area (Å²) in [6, 6.07) is 0. The molecule has 3 heteroatoms. The molecule has 0 amide bonds. The molecule has 0 radical (unpaired) electrons. The highest BCUT2D eigenvalue weighted by Crippen LogP contribution is 1.99. The Morgan fingerprint density at radius 1 is 0.800 bits per heavy atom. The number of hydrogen-bond donors (Lipinski definition) is 0. The van der Waals surface area contributed by atoms with Crippen LogP contribution in [0.15, 0.2) is 24.3 Å². The number of allylic oxidation sites excluding steroid dienone is 4. The van der Waals surface area contributed by atoms with Gasteiger partial charge in [-0.15, -0.1) is 0 Å². The summed E-state index contributed by atoms with van der Waals surface area (Å²) in [4.78, 5) is 0. The van der Waals surface area contributed by atoms with Crippen LogP contribution >= 0.6 is 0 Å². The monoisotopic (exact) mass is 230 g/mol. The predicted octanol–water partition coefficient (Wildman–Crippen LogP) is 3.11. The van der Waals surface area contributed by atoms with E-state index in [2.05, 4.69) is 0 Å². The molecule has 0 fully saturated rings.